The van der Waals surface area contributed by atoms with Gasteiger partial charge in [0, 0.05) is 48.6 Å². The Balaban J connectivity index is 1.90. The number of carbonyl (C=O) groups is 2. The van der Waals surface area contributed by atoms with E-state index in [4.69, 9.17) is 23.2 Å². The van der Waals surface area contributed by atoms with Gasteiger partial charge in [-0.05, 0) is 18.6 Å². The number of benzene rings is 1. The average molecular weight is 432 g/mol. The zero-order valence-electron chi connectivity index (χ0n) is 14.5. The third kappa shape index (κ3) is 4.37. The highest BCUT2D eigenvalue weighted by atomic mass is 35.5. The molecule has 6 nitrogen and oxygen atoms in total. The van der Waals surface area contributed by atoms with Gasteiger partial charge in [-0.3, -0.25) is 14.5 Å². The largest absolute Gasteiger partial charge is 0.511 e. The Kier molecular flexibility index (Phi) is 5.96. The normalized spacial score (nSPS) is 20.7. The van der Waals surface area contributed by atoms with Crippen LogP contribution in [0.25, 0.3) is 0 Å². The number of Topliss-reactive ketones (excluding diaryl/α,β-unsaturated/α-hetero) is 2. The molecule has 27 heavy (non-hydrogen) atoms. The van der Waals surface area contributed by atoms with Crippen LogP contribution in [-0.2, 0) is 21.2 Å². The third-order valence-corrected chi connectivity index (χ3v) is 7.26. The summed E-state index contributed by atoms with van der Waals surface area (Å²) in [4.78, 5) is 26.8. The first-order valence-electron chi connectivity index (χ1n) is 8.59. The molecule has 1 heterocycles. The number of aliphatic hydroxyl groups excluding tert-OH is 1. The molecule has 0 radical (unpaired) electrons. The molecule has 1 aliphatic heterocycles. The van der Waals surface area contributed by atoms with Gasteiger partial charge < -0.3 is 5.11 Å². The van der Waals surface area contributed by atoms with Crippen LogP contribution < -0.4 is 0 Å². The van der Waals surface area contributed by atoms with Gasteiger partial charge in [-0.15, -0.1) is 0 Å². The van der Waals surface area contributed by atoms with E-state index in [0.29, 0.717) is 36.6 Å². The van der Waals surface area contributed by atoms with Gasteiger partial charge in [-0.2, -0.15) is 0 Å². The summed E-state index contributed by atoms with van der Waals surface area (Å²) in [5.41, 5.74) is 0.407. The van der Waals surface area contributed by atoms with E-state index in [1.807, 2.05) is 4.90 Å². The second kappa shape index (κ2) is 7.91. The number of ketones is 2. The molecule has 146 valence electrons. The fourth-order valence-corrected chi connectivity index (χ4v) is 5.12. The van der Waals surface area contributed by atoms with Crippen LogP contribution in [0, 0.1) is 0 Å². The van der Waals surface area contributed by atoms with E-state index < -0.39 is 21.4 Å². The van der Waals surface area contributed by atoms with Crippen molar-refractivity contribution >= 4 is 44.6 Å². The molecule has 0 atom stereocenters. The Labute approximate surface area is 167 Å². The maximum atomic E-state index is 12.8. The highest BCUT2D eigenvalue weighted by molar-refractivity contribution is 7.91. The Morgan fingerprint density at radius 1 is 1.15 bits per heavy atom. The fraction of sp³-hybridized carbons (Fsp3) is 0.444. The molecule has 0 unspecified atom stereocenters. The molecule has 0 spiro atoms. The average Bonchev–Trinajstić information content (AvgIpc) is 2.59. The van der Waals surface area contributed by atoms with Crippen LogP contribution in [0.3, 0.4) is 0 Å². The fourth-order valence-electron chi connectivity index (χ4n) is 3.27. The van der Waals surface area contributed by atoms with Gasteiger partial charge in [-0.1, -0.05) is 23.2 Å². The van der Waals surface area contributed by atoms with Gasteiger partial charge in [0.05, 0.1) is 16.5 Å². The van der Waals surface area contributed by atoms with Crippen molar-refractivity contribution in [2.45, 2.75) is 25.8 Å². The monoisotopic (exact) mass is 431 g/mol. The third-order valence-electron chi connectivity index (χ3n) is 4.86. The van der Waals surface area contributed by atoms with Crippen LogP contribution in [0.5, 0.6) is 0 Å². The number of sulfone groups is 1. The van der Waals surface area contributed by atoms with Gasteiger partial charge in [0.15, 0.2) is 15.6 Å². The molecule has 2 aliphatic rings. The Hall–Kier alpha value is -1.41. The Morgan fingerprint density at radius 3 is 2.44 bits per heavy atom. The summed E-state index contributed by atoms with van der Waals surface area (Å²) in [6.07, 6.45) is 1.01. The lowest BCUT2D eigenvalue weighted by Crippen LogP contribution is -2.39. The molecule has 0 aromatic heterocycles. The van der Waals surface area contributed by atoms with Gasteiger partial charge in [0.1, 0.15) is 11.3 Å². The first-order chi connectivity index (χ1) is 12.7. The second-order valence-electron chi connectivity index (χ2n) is 6.74. The van der Waals surface area contributed by atoms with Crippen LogP contribution in [0.2, 0.25) is 10.0 Å². The molecule has 0 bridgehead atoms. The maximum Gasteiger partial charge on any atom is 0.201 e. The lowest BCUT2D eigenvalue weighted by molar-refractivity contribution is -0.116. The number of rotatable bonds is 4. The summed E-state index contributed by atoms with van der Waals surface area (Å²) in [5, 5.41) is 10.5. The summed E-state index contributed by atoms with van der Waals surface area (Å²) in [7, 11) is -3.01. The molecule has 3 rings (SSSR count). The summed E-state index contributed by atoms with van der Waals surface area (Å²) >= 11 is 12.7. The van der Waals surface area contributed by atoms with Gasteiger partial charge in [0.2, 0.25) is 5.78 Å². The predicted molar refractivity (Wildman–Crippen MR) is 103 cm³/mol. The van der Waals surface area contributed by atoms with Crippen molar-refractivity contribution in [1.29, 1.82) is 0 Å². The van der Waals surface area contributed by atoms with Crippen LogP contribution in [0.4, 0.5) is 0 Å². The molecule has 1 aliphatic carbocycles. The van der Waals surface area contributed by atoms with E-state index in [1.54, 1.807) is 0 Å². The Bertz CT molecular complexity index is 925. The maximum absolute atomic E-state index is 12.8. The highest BCUT2D eigenvalue weighted by Gasteiger charge is 2.30. The minimum Gasteiger partial charge on any atom is -0.511 e. The lowest BCUT2D eigenvalue weighted by atomic mass is 9.90. The van der Waals surface area contributed by atoms with E-state index in [1.165, 1.54) is 12.1 Å². The number of carbonyl (C=O) groups excluding carboxylic acids is 2. The van der Waals surface area contributed by atoms with E-state index in [-0.39, 0.29) is 46.3 Å². The minimum absolute atomic E-state index is 0.0656. The van der Waals surface area contributed by atoms with Crippen molar-refractivity contribution in [3.8, 4) is 0 Å². The molecule has 0 saturated carbocycles. The summed E-state index contributed by atoms with van der Waals surface area (Å²) in [5.74, 6) is -1.07. The molecular weight excluding hydrogens is 413 g/mol. The van der Waals surface area contributed by atoms with Crippen molar-refractivity contribution < 1.29 is 23.1 Å². The first-order valence-corrected chi connectivity index (χ1v) is 11.2. The van der Waals surface area contributed by atoms with Gasteiger partial charge in [0.25, 0.3) is 0 Å². The van der Waals surface area contributed by atoms with Crippen molar-refractivity contribution in [2.24, 2.45) is 0 Å². The lowest BCUT2D eigenvalue weighted by Gasteiger charge is -2.27. The van der Waals surface area contributed by atoms with E-state index in [9.17, 15) is 23.1 Å². The van der Waals surface area contributed by atoms with Gasteiger partial charge in [-0.25, -0.2) is 8.42 Å². The molecule has 1 aromatic carbocycles. The van der Waals surface area contributed by atoms with Gasteiger partial charge >= 0.3 is 0 Å². The number of aliphatic hydroxyl groups is 1. The predicted octanol–water partition coefficient (Wildman–Crippen LogP) is 2.97. The highest BCUT2D eigenvalue weighted by Crippen LogP contribution is 2.33. The van der Waals surface area contributed by atoms with Crippen molar-refractivity contribution in [3.63, 3.8) is 0 Å². The SMILES string of the molecule is O=C1CCCC(O)=C1C(=O)c1ccc(Cl)c(CN2CCS(=O)(=O)CC2)c1Cl. The van der Waals surface area contributed by atoms with E-state index >= 15 is 0 Å². The van der Waals surface area contributed by atoms with Crippen LogP contribution in [-0.4, -0.2) is 54.6 Å². The summed E-state index contributed by atoms with van der Waals surface area (Å²) in [6, 6.07) is 2.97. The van der Waals surface area contributed by atoms with Crippen molar-refractivity contribution in [2.75, 3.05) is 24.6 Å². The molecule has 0 amide bonds. The molecule has 9 heteroatoms. The molecule has 1 N–H and O–H groups in total. The molecule has 1 aromatic rings. The smallest absolute Gasteiger partial charge is 0.201 e. The number of allylic oxidation sites excluding steroid dienone is 2. The van der Waals surface area contributed by atoms with Crippen LogP contribution in [0.15, 0.2) is 23.5 Å². The van der Waals surface area contributed by atoms with Crippen LogP contribution >= 0.6 is 23.2 Å². The number of nitrogens with zero attached hydrogens (tertiary/aromatic N) is 1. The number of hydrogen-bond acceptors (Lipinski definition) is 6. The van der Waals surface area contributed by atoms with Crippen LogP contribution in [0.1, 0.15) is 35.2 Å². The number of hydrogen-bond donors (Lipinski definition) is 1. The minimum atomic E-state index is -3.01. The second-order valence-corrected chi connectivity index (χ2v) is 9.83. The quantitative estimate of drug-likeness (QED) is 0.581. The zero-order valence-corrected chi connectivity index (χ0v) is 16.8. The summed E-state index contributed by atoms with van der Waals surface area (Å²) < 4.78 is 23.2. The molecule has 1 saturated heterocycles. The standard InChI is InChI=1S/C18H19Cl2NO5S/c19-13-5-4-11(18(24)16-14(22)2-1-3-15(16)23)17(20)12(13)10-21-6-8-27(25,26)9-7-21/h4-5,22H,1-3,6-10H2. The number of halogens is 2. The first kappa shape index (κ1) is 20.3. The topological polar surface area (TPSA) is 91.8 Å². The van der Waals surface area contributed by atoms with E-state index in [2.05, 4.69) is 0 Å². The zero-order chi connectivity index (χ0) is 19.8. The summed E-state index contributed by atoms with van der Waals surface area (Å²) in [6.45, 7) is 1.02. The molecular formula is C18H19Cl2NO5S. The van der Waals surface area contributed by atoms with E-state index in [0.717, 1.165) is 0 Å². The van der Waals surface area contributed by atoms with Crippen molar-refractivity contribution in [1.82, 2.24) is 4.90 Å². The molecule has 1 fully saturated rings. The van der Waals surface area contributed by atoms with Crippen molar-refractivity contribution in [3.05, 3.63) is 44.6 Å². The Morgan fingerprint density at radius 2 is 1.81 bits per heavy atom.